The molecule has 0 unspecified atom stereocenters. The highest BCUT2D eigenvalue weighted by Gasteiger charge is 2.21. The van der Waals surface area contributed by atoms with Gasteiger partial charge in [0.15, 0.2) is 5.82 Å². The van der Waals surface area contributed by atoms with Crippen LogP contribution in [-0.2, 0) is 18.4 Å². The maximum atomic E-state index is 15.0. The van der Waals surface area contributed by atoms with Gasteiger partial charge in [-0.25, -0.2) is 8.78 Å². The van der Waals surface area contributed by atoms with E-state index < -0.39 is 23.6 Å². The number of amides is 1. The number of carbonyl (C=O) groups excluding carboxylic acids is 1. The zero-order valence-corrected chi connectivity index (χ0v) is 18.3. The van der Waals surface area contributed by atoms with Crippen molar-refractivity contribution < 1.29 is 18.3 Å². The zero-order valence-electron chi connectivity index (χ0n) is 18.3. The molecule has 8 nitrogen and oxygen atoms in total. The number of halogens is 2. The van der Waals surface area contributed by atoms with E-state index in [0.29, 0.717) is 34.5 Å². The number of pyridine rings is 2. The number of fused-ring (bicyclic) bond motifs is 1. The van der Waals surface area contributed by atoms with Gasteiger partial charge >= 0.3 is 0 Å². The Morgan fingerprint density at radius 3 is 2.61 bits per heavy atom. The predicted molar refractivity (Wildman–Crippen MR) is 119 cm³/mol. The van der Waals surface area contributed by atoms with E-state index in [1.807, 2.05) is 0 Å². The van der Waals surface area contributed by atoms with Gasteiger partial charge < -0.3 is 15.8 Å². The van der Waals surface area contributed by atoms with E-state index in [-0.39, 0.29) is 16.8 Å². The quantitative estimate of drug-likeness (QED) is 0.442. The SMILES string of the molecule is COCc1ccc(-c2cc3c(N[C@H](C)c4nn(C)cc4F)c(C(N)=O)cnc3cc2F)cn1. The lowest BCUT2D eigenvalue weighted by Crippen LogP contribution is -2.17. The molecular formula is C23H22F2N6O2. The van der Waals surface area contributed by atoms with E-state index in [1.54, 1.807) is 45.5 Å². The Morgan fingerprint density at radius 1 is 1.21 bits per heavy atom. The molecule has 0 spiro atoms. The van der Waals surface area contributed by atoms with Crippen LogP contribution in [0.4, 0.5) is 14.5 Å². The van der Waals surface area contributed by atoms with Crippen LogP contribution in [0.2, 0.25) is 0 Å². The highest BCUT2D eigenvalue weighted by Crippen LogP contribution is 2.34. The normalized spacial score (nSPS) is 12.2. The molecule has 0 saturated carbocycles. The van der Waals surface area contributed by atoms with Gasteiger partial charge in [-0.1, -0.05) is 6.07 Å². The van der Waals surface area contributed by atoms with E-state index in [1.165, 1.54) is 23.1 Å². The summed E-state index contributed by atoms with van der Waals surface area (Å²) in [4.78, 5) is 20.6. The number of carbonyl (C=O) groups is 1. The van der Waals surface area contributed by atoms with Crippen LogP contribution in [0, 0.1) is 11.6 Å². The largest absolute Gasteiger partial charge is 0.378 e. The van der Waals surface area contributed by atoms with Gasteiger partial charge in [-0.2, -0.15) is 5.10 Å². The second kappa shape index (κ2) is 8.91. The first-order valence-electron chi connectivity index (χ1n) is 10.1. The Morgan fingerprint density at radius 2 is 2.00 bits per heavy atom. The molecule has 0 aliphatic carbocycles. The molecule has 3 heterocycles. The van der Waals surface area contributed by atoms with Gasteiger partial charge in [-0.15, -0.1) is 0 Å². The molecule has 1 aromatic carbocycles. The number of anilines is 1. The van der Waals surface area contributed by atoms with Gasteiger partial charge in [0, 0.05) is 49.1 Å². The summed E-state index contributed by atoms with van der Waals surface area (Å²) in [6.45, 7) is 2.04. The summed E-state index contributed by atoms with van der Waals surface area (Å²) in [5, 5.41) is 7.70. The minimum atomic E-state index is -0.725. The summed E-state index contributed by atoms with van der Waals surface area (Å²) >= 11 is 0. The highest BCUT2D eigenvalue weighted by molar-refractivity contribution is 6.07. The van der Waals surface area contributed by atoms with Crippen molar-refractivity contribution >= 4 is 22.5 Å². The molecule has 0 fully saturated rings. The van der Waals surface area contributed by atoms with E-state index in [9.17, 15) is 13.6 Å². The van der Waals surface area contributed by atoms with E-state index in [2.05, 4.69) is 20.4 Å². The van der Waals surface area contributed by atoms with Gasteiger partial charge in [0.05, 0.1) is 41.3 Å². The van der Waals surface area contributed by atoms with Crippen molar-refractivity contribution in [2.75, 3.05) is 12.4 Å². The Balaban J connectivity index is 1.84. The van der Waals surface area contributed by atoms with Crippen molar-refractivity contribution in [3.63, 3.8) is 0 Å². The minimum absolute atomic E-state index is 0.0943. The number of benzene rings is 1. The standard InChI is InChI=1S/C23H22F2N6O2/c1-12(21-19(25)10-31(2)30-21)29-22-16-6-15(13-4-5-14(11-33-3)27-8-13)18(24)7-20(16)28-9-17(22)23(26)32/h4-10,12H,11H2,1-3H3,(H2,26,32)(H,28,29)/t12-/m1/s1. The fourth-order valence-electron chi connectivity index (χ4n) is 3.65. The number of hydrogen-bond acceptors (Lipinski definition) is 6. The maximum absolute atomic E-state index is 15.0. The molecule has 3 aromatic heterocycles. The zero-order chi connectivity index (χ0) is 23.7. The van der Waals surface area contributed by atoms with Crippen molar-refractivity contribution in [1.82, 2.24) is 19.7 Å². The van der Waals surface area contributed by atoms with Crippen molar-refractivity contribution in [2.45, 2.75) is 19.6 Å². The first-order chi connectivity index (χ1) is 15.8. The van der Waals surface area contributed by atoms with Crippen LogP contribution < -0.4 is 11.1 Å². The molecule has 0 bridgehead atoms. The van der Waals surface area contributed by atoms with E-state index >= 15 is 0 Å². The summed E-state index contributed by atoms with van der Waals surface area (Å²) in [5.41, 5.74) is 7.95. The lowest BCUT2D eigenvalue weighted by atomic mass is 10.0. The summed E-state index contributed by atoms with van der Waals surface area (Å²) in [6, 6.07) is 5.71. The Kier molecular flexibility index (Phi) is 6.01. The lowest BCUT2D eigenvalue weighted by Gasteiger charge is -2.18. The molecule has 4 aromatic rings. The molecule has 4 rings (SSSR count). The fraction of sp³-hybridized carbons (Fsp3) is 0.217. The summed E-state index contributed by atoms with van der Waals surface area (Å²) in [7, 11) is 3.17. The number of primary amides is 1. The van der Waals surface area contributed by atoms with Crippen LogP contribution in [0.25, 0.3) is 22.0 Å². The average molecular weight is 452 g/mol. The lowest BCUT2D eigenvalue weighted by molar-refractivity contribution is 0.100. The number of aromatic nitrogens is 4. The fourth-order valence-corrected chi connectivity index (χ4v) is 3.65. The van der Waals surface area contributed by atoms with Crippen LogP contribution in [-0.4, -0.2) is 32.8 Å². The summed E-state index contributed by atoms with van der Waals surface area (Å²) < 4.78 is 35.6. The molecule has 1 amide bonds. The van der Waals surface area contributed by atoms with Crippen LogP contribution in [0.5, 0.6) is 0 Å². The number of nitrogens with two attached hydrogens (primary N) is 1. The number of methoxy groups -OCH3 is 1. The molecule has 0 aliphatic heterocycles. The Labute approximate surface area is 188 Å². The molecule has 0 radical (unpaired) electrons. The molecule has 0 saturated heterocycles. The van der Waals surface area contributed by atoms with E-state index in [0.717, 1.165) is 0 Å². The number of nitrogens with one attached hydrogen (secondary N) is 1. The third kappa shape index (κ3) is 4.37. The minimum Gasteiger partial charge on any atom is -0.378 e. The predicted octanol–water partition coefficient (Wildman–Crippen LogP) is 3.73. The van der Waals surface area contributed by atoms with Crippen molar-refractivity contribution in [2.24, 2.45) is 12.8 Å². The second-order valence-electron chi connectivity index (χ2n) is 7.63. The van der Waals surface area contributed by atoms with Crippen molar-refractivity contribution in [1.29, 1.82) is 0 Å². The summed E-state index contributed by atoms with van der Waals surface area (Å²) in [5.74, 6) is -1.72. The van der Waals surface area contributed by atoms with E-state index in [4.69, 9.17) is 10.5 Å². The number of ether oxygens (including phenoxy) is 1. The first-order valence-corrected chi connectivity index (χ1v) is 10.1. The molecule has 0 aliphatic rings. The molecule has 10 heteroatoms. The highest BCUT2D eigenvalue weighted by atomic mass is 19.1. The van der Waals surface area contributed by atoms with Gasteiger partial charge in [0.1, 0.15) is 11.5 Å². The Bertz CT molecular complexity index is 1340. The smallest absolute Gasteiger partial charge is 0.252 e. The van der Waals surface area contributed by atoms with Crippen molar-refractivity contribution in [3.05, 3.63) is 71.4 Å². The number of rotatable bonds is 7. The topological polar surface area (TPSA) is 108 Å². The van der Waals surface area contributed by atoms with Gasteiger partial charge in [-0.05, 0) is 19.1 Å². The van der Waals surface area contributed by atoms with Crippen LogP contribution in [0.3, 0.4) is 0 Å². The molecule has 3 N–H and O–H groups in total. The Hall–Kier alpha value is -3.92. The molecule has 1 atom stereocenters. The van der Waals surface area contributed by atoms with Crippen LogP contribution in [0.15, 0.2) is 42.9 Å². The summed E-state index contributed by atoms with van der Waals surface area (Å²) in [6.07, 6.45) is 4.07. The third-order valence-electron chi connectivity index (χ3n) is 5.23. The molecular weight excluding hydrogens is 430 g/mol. The van der Waals surface area contributed by atoms with Gasteiger partial charge in [-0.3, -0.25) is 19.4 Å². The molecule has 33 heavy (non-hydrogen) atoms. The molecule has 170 valence electrons. The number of aryl methyl sites for hydroxylation is 1. The number of nitrogens with zero attached hydrogens (tertiary/aromatic N) is 4. The second-order valence-corrected chi connectivity index (χ2v) is 7.63. The first kappa shape index (κ1) is 22.3. The monoisotopic (exact) mass is 452 g/mol. The van der Waals surface area contributed by atoms with Gasteiger partial charge in [0.25, 0.3) is 5.91 Å². The van der Waals surface area contributed by atoms with Crippen LogP contribution >= 0.6 is 0 Å². The maximum Gasteiger partial charge on any atom is 0.252 e. The third-order valence-corrected chi connectivity index (χ3v) is 5.23. The number of hydrogen-bond donors (Lipinski definition) is 2. The van der Waals surface area contributed by atoms with Gasteiger partial charge in [0.2, 0.25) is 0 Å². The van der Waals surface area contributed by atoms with Crippen LogP contribution in [0.1, 0.15) is 34.7 Å². The average Bonchev–Trinajstić information content (AvgIpc) is 3.12. The van der Waals surface area contributed by atoms with Crippen molar-refractivity contribution in [3.8, 4) is 11.1 Å².